The van der Waals surface area contributed by atoms with E-state index in [1.165, 1.54) is 49.8 Å². The standard InChI is InChI=1S/C57H38N3OP/c61-62(44-12-3-1-4-13-44,45-14-5-2-6-15-45)53-31-26-43(35-58-53)40-24-28-47-42(34-40)25-29-49-48-16-7-8-17-50(48)57-59-51-30-18-36(33-52(51)60(57)56(47)49)32-41-22-21-39-20-19-37-10-9-11-38-23-27-46(41)55(39)54(37)38/h1-10,12-31,33-35,55H,11,32H2. The smallest absolute Gasteiger partial charge is 0.188 e. The number of imidazole rings is 1. The summed E-state index contributed by atoms with van der Waals surface area (Å²) in [6.07, 6.45) is 22.3. The molecule has 0 saturated carbocycles. The van der Waals surface area contributed by atoms with E-state index in [1.807, 2.05) is 72.9 Å². The van der Waals surface area contributed by atoms with Crippen LogP contribution in [0, 0.1) is 5.92 Å². The SMILES string of the molecule is O=P(c1ccccc1)(c1ccccc1)c1ccc(-c2ccc3c(ccc4c5ccccc5c5nc6ccc(CC7=CC=C8C=CC9=C%10C(=CC=C7C8%10)CC=C9)cc6n5c34)c2)cn1. The van der Waals surface area contributed by atoms with Gasteiger partial charge in [0.25, 0.3) is 0 Å². The Labute approximate surface area is 359 Å². The molecule has 0 radical (unpaired) electrons. The van der Waals surface area contributed by atoms with Gasteiger partial charge in [0.2, 0.25) is 0 Å². The van der Waals surface area contributed by atoms with Crippen LogP contribution in [0.5, 0.6) is 0 Å². The maximum atomic E-state index is 15.0. The third-order valence-corrected chi connectivity index (χ3v) is 16.4. The Morgan fingerprint density at radius 2 is 1.42 bits per heavy atom. The normalized spacial score (nSPS) is 16.8. The minimum absolute atomic E-state index is 0.310. The van der Waals surface area contributed by atoms with E-state index in [0.717, 1.165) is 72.9 Å². The number of hydrogen-bond acceptors (Lipinski definition) is 3. The molecule has 3 aromatic heterocycles. The number of fused-ring (bicyclic) bond motifs is 10. The Bertz CT molecular complexity index is 3650. The predicted molar refractivity (Wildman–Crippen MR) is 257 cm³/mol. The van der Waals surface area contributed by atoms with Crippen molar-refractivity contribution in [3.63, 3.8) is 0 Å². The third-order valence-electron chi connectivity index (χ3n) is 13.4. The highest BCUT2D eigenvalue weighted by Gasteiger charge is 2.35. The molecule has 0 fully saturated rings. The maximum absolute atomic E-state index is 15.0. The van der Waals surface area contributed by atoms with E-state index in [0.29, 0.717) is 11.4 Å². The minimum Gasteiger partial charge on any atom is -0.307 e. The maximum Gasteiger partial charge on any atom is 0.188 e. The van der Waals surface area contributed by atoms with Gasteiger partial charge in [-0.1, -0.05) is 170 Å². The highest BCUT2D eigenvalue weighted by atomic mass is 31.2. The Hall–Kier alpha value is -7.39. The van der Waals surface area contributed by atoms with Crippen molar-refractivity contribution < 1.29 is 4.57 Å². The molecule has 9 aromatic rings. The second kappa shape index (κ2) is 13.6. The van der Waals surface area contributed by atoms with Crippen LogP contribution in [-0.4, -0.2) is 14.4 Å². The first kappa shape index (κ1) is 35.4. The summed E-state index contributed by atoms with van der Waals surface area (Å²) >= 11 is 0. The van der Waals surface area contributed by atoms with Crippen LogP contribution in [0.25, 0.3) is 60.3 Å². The molecule has 292 valence electrons. The number of rotatable bonds is 6. The van der Waals surface area contributed by atoms with Crippen molar-refractivity contribution in [1.82, 2.24) is 14.4 Å². The summed E-state index contributed by atoms with van der Waals surface area (Å²) in [6, 6.07) is 50.1. The van der Waals surface area contributed by atoms with E-state index in [1.54, 1.807) is 0 Å². The van der Waals surface area contributed by atoms with Gasteiger partial charge in [0.1, 0.15) is 11.1 Å². The van der Waals surface area contributed by atoms with Crippen LogP contribution < -0.4 is 16.0 Å². The van der Waals surface area contributed by atoms with Gasteiger partial charge in [-0.2, -0.15) is 0 Å². The summed E-state index contributed by atoms with van der Waals surface area (Å²) < 4.78 is 17.4. The van der Waals surface area contributed by atoms with Gasteiger partial charge in [-0.25, -0.2) is 4.98 Å². The number of nitrogens with zero attached hydrogens (tertiary/aromatic N) is 3. The van der Waals surface area contributed by atoms with Crippen molar-refractivity contribution in [2.45, 2.75) is 12.8 Å². The van der Waals surface area contributed by atoms with Crippen LogP contribution in [0.4, 0.5) is 0 Å². The molecular formula is C57H38N3OP. The predicted octanol–water partition coefficient (Wildman–Crippen LogP) is 12.4. The average Bonchev–Trinajstić information content (AvgIpc) is 3.73. The lowest BCUT2D eigenvalue weighted by atomic mass is 9.66. The summed E-state index contributed by atoms with van der Waals surface area (Å²) in [4.78, 5) is 10.2. The van der Waals surface area contributed by atoms with Crippen molar-refractivity contribution in [3.05, 3.63) is 239 Å². The third kappa shape index (κ3) is 5.23. The second-order valence-corrected chi connectivity index (χ2v) is 19.5. The van der Waals surface area contributed by atoms with Crippen LogP contribution in [0.2, 0.25) is 0 Å². The second-order valence-electron chi connectivity index (χ2n) is 16.8. The van der Waals surface area contributed by atoms with Gasteiger partial charge in [-0.3, -0.25) is 9.38 Å². The molecule has 3 heterocycles. The van der Waals surface area contributed by atoms with E-state index >= 15 is 0 Å². The molecule has 5 heteroatoms. The summed E-state index contributed by atoms with van der Waals surface area (Å²) in [7, 11) is -3.18. The van der Waals surface area contributed by atoms with E-state index in [2.05, 4.69) is 132 Å². The molecule has 0 spiro atoms. The van der Waals surface area contributed by atoms with Crippen LogP contribution in [-0.2, 0) is 11.0 Å². The molecule has 0 N–H and O–H groups in total. The molecule has 62 heavy (non-hydrogen) atoms. The van der Waals surface area contributed by atoms with Crippen LogP contribution >= 0.6 is 7.14 Å². The van der Waals surface area contributed by atoms with Gasteiger partial charge in [0.05, 0.1) is 16.6 Å². The van der Waals surface area contributed by atoms with Crippen LogP contribution in [0.15, 0.2) is 234 Å². The topological polar surface area (TPSA) is 47.3 Å². The highest BCUT2D eigenvalue weighted by molar-refractivity contribution is 7.85. The molecule has 1 atom stereocenters. The summed E-state index contributed by atoms with van der Waals surface area (Å²) in [6.45, 7) is 0. The Kier molecular flexibility index (Phi) is 7.74. The van der Waals surface area contributed by atoms with E-state index in [9.17, 15) is 4.57 Å². The van der Waals surface area contributed by atoms with Gasteiger partial charge >= 0.3 is 0 Å². The van der Waals surface area contributed by atoms with Crippen molar-refractivity contribution in [1.29, 1.82) is 0 Å². The molecule has 0 aliphatic heterocycles. The lowest BCUT2D eigenvalue weighted by molar-refractivity contribution is 0.592. The fraction of sp³-hybridized carbons (Fsp3) is 0.0526. The van der Waals surface area contributed by atoms with Crippen LogP contribution in [0.1, 0.15) is 12.0 Å². The average molecular weight is 812 g/mol. The fourth-order valence-corrected chi connectivity index (χ4v) is 13.0. The molecular weight excluding hydrogens is 774 g/mol. The number of aromatic nitrogens is 3. The molecule has 4 aliphatic rings. The molecule has 1 unspecified atom stereocenters. The number of hydrogen-bond donors (Lipinski definition) is 0. The van der Waals surface area contributed by atoms with Gasteiger partial charge in [0.15, 0.2) is 7.14 Å². The van der Waals surface area contributed by atoms with Crippen molar-refractivity contribution >= 4 is 72.3 Å². The quantitative estimate of drug-likeness (QED) is 0.124. The first-order valence-electron chi connectivity index (χ1n) is 21.4. The molecule has 0 saturated heterocycles. The van der Waals surface area contributed by atoms with Gasteiger partial charge < -0.3 is 4.57 Å². The summed E-state index contributed by atoms with van der Waals surface area (Å²) in [5.74, 6) is 0.310. The lowest BCUT2D eigenvalue weighted by Gasteiger charge is -2.37. The zero-order valence-electron chi connectivity index (χ0n) is 33.7. The minimum atomic E-state index is -3.18. The number of allylic oxidation sites excluding steroid dienone is 14. The zero-order valence-corrected chi connectivity index (χ0v) is 34.6. The van der Waals surface area contributed by atoms with Gasteiger partial charge in [-0.15, -0.1) is 0 Å². The number of pyridine rings is 2. The fourth-order valence-electron chi connectivity index (χ4n) is 10.5. The lowest BCUT2D eigenvalue weighted by Crippen LogP contribution is -2.26. The first-order chi connectivity index (χ1) is 30.6. The van der Waals surface area contributed by atoms with Gasteiger partial charge in [0, 0.05) is 44.4 Å². The zero-order chi connectivity index (χ0) is 40.9. The molecule has 0 bridgehead atoms. The first-order valence-corrected chi connectivity index (χ1v) is 23.1. The molecule has 4 aliphatic carbocycles. The largest absolute Gasteiger partial charge is 0.307 e. The highest BCUT2D eigenvalue weighted by Crippen LogP contribution is 2.49. The monoisotopic (exact) mass is 811 g/mol. The molecule has 0 amide bonds. The molecule has 13 rings (SSSR count). The van der Waals surface area contributed by atoms with Gasteiger partial charge in [-0.05, 0) is 92.4 Å². The Balaban J connectivity index is 0.929. The summed E-state index contributed by atoms with van der Waals surface area (Å²) in [5, 5.41) is 7.37. The van der Waals surface area contributed by atoms with Crippen molar-refractivity contribution in [2.75, 3.05) is 0 Å². The molecule has 4 nitrogen and oxygen atoms in total. The Morgan fingerprint density at radius 1 is 0.645 bits per heavy atom. The van der Waals surface area contributed by atoms with Crippen molar-refractivity contribution in [2.24, 2.45) is 5.92 Å². The van der Waals surface area contributed by atoms with Crippen LogP contribution in [0.3, 0.4) is 0 Å². The van der Waals surface area contributed by atoms with E-state index in [-0.39, 0.29) is 0 Å². The summed E-state index contributed by atoms with van der Waals surface area (Å²) in [5.41, 5.74) is 16.5. The van der Waals surface area contributed by atoms with Crippen molar-refractivity contribution in [3.8, 4) is 11.1 Å². The number of benzene rings is 6. The Morgan fingerprint density at radius 3 is 2.23 bits per heavy atom. The molecule has 6 aromatic carbocycles. The van der Waals surface area contributed by atoms with E-state index in [4.69, 9.17) is 9.97 Å². The van der Waals surface area contributed by atoms with E-state index < -0.39 is 7.14 Å².